The molecule has 3 heteroatoms. The van der Waals surface area contributed by atoms with Gasteiger partial charge in [0.15, 0.2) is 5.54 Å². The van der Waals surface area contributed by atoms with Crippen LogP contribution in [0.5, 0.6) is 0 Å². The van der Waals surface area contributed by atoms with Crippen LogP contribution in [0.4, 0.5) is 0 Å². The standard InChI is InChI=1S/C8H9NO2/c1-4-6-8(5-2,9-3)7(10)11/h1-2,9H,6H2,3H3,(H,10,11). The van der Waals surface area contributed by atoms with Crippen LogP contribution in [0, 0.1) is 24.7 Å². The first-order valence-electron chi connectivity index (χ1n) is 2.96. The largest absolute Gasteiger partial charge is 0.479 e. The number of rotatable bonds is 3. The van der Waals surface area contributed by atoms with E-state index in [4.69, 9.17) is 18.0 Å². The van der Waals surface area contributed by atoms with Crippen molar-refractivity contribution in [3.05, 3.63) is 0 Å². The van der Waals surface area contributed by atoms with E-state index in [1.807, 2.05) is 0 Å². The molecule has 1 unspecified atom stereocenters. The smallest absolute Gasteiger partial charge is 0.337 e. The minimum Gasteiger partial charge on any atom is -0.479 e. The van der Waals surface area contributed by atoms with Crippen molar-refractivity contribution in [2.45, 2.75) is 12.0 Å². The number of carbonyl (C=O) groups is 1. The molecular formula is C8H9NO2. The molecule has 0 aromatic carbocycles. The van der Waals surface area contributed by atoms with Gasteiger partial charge < -0.3 is 5.11 Å². The molecule has 0 aliphatic heterocycles. The Hall–Kier alpha value is -1.45. The summed E-state index contributed by atoms with van der Waals surface area (Å²) in [4.78, 5) is 10.6. The Kier molecular flexibility index (Phi) is 3.17. The fourth-order valence-corrected chi connectivity index (χ4v) is 0.609. The second kappa shape index (κ2) is 3.65. The molecule has 11 heavy (non-hydrogen) atoms. The normalized spacial score (nSPS) is 14.1. The minimum absolute atomic E-state index is 0.0185. The molecule has 0 aliphatic carbocycles. The summed E-state index contributed by atoms with van der Waals surface area (Å²) in [5, 5.41) is 11.1. The lowest BCUT2D eigenvalue weighted by molar-refractivity contribution is -0.141. The third-order valence-corrected chi connectivity index (χ3v) is 1.41. The van der Waals surface area contributed by atoms with Crippen molar-refractivity contribution < 1.29 is 9.90 Å². The van der Waals surface area contributed by atoms with Gasteiger partial charge in [0.2, 0.25) is 0 Å². The van der Waals surface area contributed by atoms with Crippen LogP contribution in [0.25, 0.3) is 0 Å². The highest BCUT2D eigenvalue weighted by Crippen LogP contribution is 2.07. The highest BCUT2D eigenvalue weighted by atomic mass is 16.4. The van der Waals surface area contributed by atoms with Gasteiger partial charge in [-0.2, -0.15) is 0 Å². The predicted octanol–water partition coefficient (Wildman–Crippen LogP) is -0.314. The molecule has 0 spiro atoms. The summed E-state index contributed by atoms with van der Waals surface area (Å²) in [6.45, 7) is 0. The van der Waals surface area contributed by atoms with Crippen LogP contribution in [-0.4, -0.2) is 23.7 Å². The number of nitrogens with one attached hydrogen (secondary N) is 1. The fourth-order valence-electron chi connectivity index (χ4n) is 0.609. The zero-order valence-electron chi connectivity index (χ0n) is 6.22. The van der Waals surface area contributed by atoms with E-state index in [2.05, 4.69) is 17.2 Å². The van der Waals surface area contributed by atoms with Gasteiger partial charge in [0.05, 0.1) is 0 Å². The number of carboxylic acids is 1. The van der Waals surface area contributed by atoms with E-state index in [-0.39, 0.29) is 6.42 Å². The number of hydrogen-bond donors (Lipinski definition) is 2. The molecule has 0 radical (unpaired) electrons. The number of hydrogen-bond acceptors (Lipinski definition) is 2. The first-order chi connectivity index (χ1) is 5.13. The van der Waals surface area contributed by atoms with Crippen LogP contribution in [0.1, 0.15) is 6.42 Å². The van der Waals surface area contributed by atoms with E-state index in [1.54, 1.807) is 0 Å². The number of likely N-dealkylation sites (N-methyl/N-ethyl adjacent to an activating group) is 1. The minimum atomic E-state index is -1.41. The molecule has 0 heterocycles. The van der Waals surface area contributed by atoms with Crippen LogP contribution in [-0.2, 0) is 4.79 Å². The molecule has 0 rings (SSSR count). The summed E-state index contributed by atoms with van der Waals surface area (Å²) in [7, 11) is 1.46. The summed E-state index contributed by atoms with van der Waals surface area (Å²) in [5.41, 5.74) is -1.41. The molecule has 0 aromatic rings. The van der Waals surface area contributed by atoms with Gasteiger partial charge >= 0.3 is 5.97 Å². The van der Waals surface area contributed by atoms with Gasteiger partial charge in [-0.1, -0.05) is 5.92 Å². The lowest BCUT2D eigenvalue weighted by Gasteiger charge is -2.19. The summed E-state index contributed by atoms with van der Waals surface area (Å²) in [6, 6.07) is 0. The quantitative estimate of drug-likeness (QED) is 0.544. The lowest BCUT2D eigenvalue weighted by atomic mass is 9.97. The molecular weight excluding hydrogens is 142 g/mol. The van der Waals surface area contributed by atoms with Gasteiger partial charge in [-0.05, 0) is 7.05 Å². The predicted molar refractivity (Wildman–Crippen MR) is 41.7 cm³/mol. The van der Waals surface area contributed by atoms with Gasteiger partial charge in [-0.25, -0.2) is 4.79 Å². The lowest BCUT2D eigenvalue weighted by Crippen LogP contribution is -2.48. The average Bonchev–Trinajstić information content (AvgIpc) is 2.00. The summed E-state index contributed by atoms with van der Waals surface area (Å²) in [6.07, 6.45) is 9.95. The van der Waals surface area contributed by atoms with Crippen LogP contribution < -0.4 is 5.32 Å². The van der Waals surface area contributed by atoms with Gasteiger partial charge in [-0.15, -0.1) is 18.8 Å². The van der Waals surface area contributed by atoms with Crippen molar-refractivity contribution in [3.8, 4) is 24.7 Å². The monoisotopic (exact) mass is 151 g/mol. The highest BCUT2D eigenvalue weighted by Gasteiger charge is 2.33. The Bertz CT molecular complexity index is 233. The first kappa shape index (κ1) is 9.55. The summed E-state index contributed by atoms with van der Waals surface area (Å²) >= 11 is 0. The molecule has 0 bridgehead atoms. The van der Waals surface area contributed by atoms with Crippen molar-refractivity contribution in [3.63, 3.8) is 0 Å². The average molecular weight is 151 g/mol. The zero-order chi connectivity index (χ0) is 8.91. The second-order valence-corrected chi connectivity index (χ2v) is 1.99. The molecule has 0 amide bonds. The van der Waals surface area contributed by atoms with Crippen molar-refractivity contribution >= 4 is 5.97 Å². The number of terminal acetylenes is 2. The molecule has 0 aromatic heterocycles. The van der Waals surface area contributed by atoms with E-state index in [0.29, 0.717) is 0 Å². The maximum Gasteiger partial charge on any atom is 0.337 e. The molecule has 1 atom stereocenters. The summed E-state index contributed by atoms with van der Waals surface area (Å²) in [5.74, 6) is 3.19. The van der Waals surface area contributed by atoms with Crippen molar-refractivity contribution in [2.75, 3.05) is 7.05 Å². The Balaban J connectivity index is 4.68. The van der Waals surface area contributed by atoms with Gasteiger partial charge in [0.1, 0.15) is 0 Å². The van der Waals surface area contributed by atoms with E-state index in [9.17, 15) is 4.79 Å². The van der Waals surface area contributed by atoms with E-state index < -0.39 is 11.5 Å². The van der Waals surface area contributed by atoms with E-state index >= 15 is 0 Å². The van der Waals surface area contributed by atoms with Crippen LogP contribution in [0.15, 0.2) is 0 Å². The summed E-state index contributed by atoms with van der Waals surface area (Å²) < 4.78 is 0. The van der Waals surface area contributed by atoms with Crippen molar-refractivity contribution in [1.82, 2.24) is 5.32 Å². The molecule has 0 saturated heterocycles. The second-order valence-electron chi connectivity index (χ2n) is 1.99. The number of aliphatic carboxylic acids is 1. The first-order valence-corrected chi connectivity index (χ1v) is 2.96. The van der Waals surface area contributed by atoms with Gasteiger partial charge in [0.25, 0.3) is 0 Å². The zero-order valence-corrected chi connectivity index (χ0v) is 6.22. The Morgan fingerprint density at radius 3 is 2.36 bits per heavy atom. The van der Waals surface area contributed by atoms with Gasteiger partial charge in [-0.3, -0.25) is 5.32 Å². The van der Waals surface area contributed by atoms with Crippen LogP contribution in [0.2, 0.25) is 0 Å². The van der Waals surface area contributed by atoms with Crippen molar-refractivity contribution in [1.29, 1.82) is 0 Å². The van der Waals surface area contributed by atoms with E-state index in [1.165, 1.54) is 7.05 Å². The van der Waals surface area contributed by atoms with Gasteiger partial charge in [0, 0.05) is 6.42 Å². The maximum absolute atomic E-state index is 10.6. The SMILES string of the molecule is C#CCC(C#C)(NC)C(=O)O. The molecule has 0 aliphatic rings. The molecule has 2 N–H and O–H groups in total. The Morgan fingerprint density at radius 1 is 1.73 bits per heavy atom. The fraction of sp³-hybridized carbons (Fsp3) is 0.375. The van der Waals surface area contributed by atoms with E-state index in [0.717, 1.165) is 0 Å². The third kappa shape index (κ3) is 1.73. The van der Waals surface area contributed by atoms with Crippen molar-refractivity contribution in [2.24, 2.45) is 0 Å². The highest BCUT2D eigenvalue weighted by molar-refractivity contribution is 5.83. The molecule has 0 saturated carbocycles. The molecule has 58 valence electrons. The molecule has 0 fully saturated rings. The maximum atomic E-state index is 10.6. The van der Waals surface area contributed by atoms with Crippen LogP contribution >= 0.6 is 0 Å². The Morgan fingerprint density at radius 2 is 2.27 bits per heavy atom. The van der Waals surface area contributed by atoms with Crippen LogP contribution in [0.3, 0.4) is 0 Å². The number of carboxylic acid groups (broad SMARTS) is 1. The topological polar surface area (TPSA) is 49.3 Å². The third-order valence-electron chi connectivity index (χ3n) is 1.41. The molecule has 3 nitrogen and oxygen atoms in total. The Labute approximate surface area is 65.8 Å².